The van der Waals surface area contributed by atoms with E-state index < -0.39 is 12.8 Å². The lowest BCUT2D eigenvalue weighted by Gasteiger charge is -2.11. The van der Waals surface area contributed by atoms with Crippen LogP contribution < -0.4 is 5.32 Å². The highest BCUT2D eigenvalue weighted by molar-refractivity contribution is 6.31. The normalized spacial score (nSPS) is 12.3. The molecule has 23 heavy (non-hydrogen) atoms. The number of nitrogens with one attached hydrogen (secondary N) is 1. The highest BCUT2D eigenvalue weighted by Crippen LogP contribution is 2.29. The summed E-state index contributed by atoms with van der Waals surface area (Å²) in [6.07, 6.45) is -1.36. The summed E-state index contributed by atoms with van der Waals surface area (Å²) in [5, 5.41) is 13.0. The van der Waals surface area contributed by atoms with Crippen molar-refractivity contribution in [2.75, 3.05) is 18.5 Å². The van der Waals surface area contributed by atoms with Gasteiger partial charge in [0, 0.05) is 16.0 Å². The minimum absolute atomic E-state index is 0.0518. The predicted molar refractivity (Wildman–Crippen MR) is 90.5 cm³/mol. The molecule has 2 N–H and O–H groups in total. The first kappa shape index (κ1) is 15.6. The number of hydrogen-bond donors (Lipinski definition) is 2. The van der Waals surface area contributed by atoms with E-state index in [2.05, 4.69) is 15.3 Å². The molecule has 3 aromatic rings. The predicted octanol–water partition coefficient (Wildman–Crippen LogP) is 3.69. The summed E-state index contributed by atoms with van der Waals surface area (Å²) in [5.74, 6) is 0.315. The zero-order valence-corrected chi connectivity index (χ0v) is 13.0. The van der Waals surface area contributed by atoms with E-state index in [0.717, 1.165) is 16.6 Å². The topological polar surface area (TPSA) is 58.0 Å². The van der Waals surface area contributed by atoms with Gasteiger partial charge < -0.3 is 10.4 Å². The number of aliphatic hydroxyl groups excluding tert-OH is 1. The molecule has 118 valence electrons. The van der Waals surface area contributed by atoms with Crippen LogP contribution in [0.15, 0.2) is 48.5 Å². The summed E-state index contributed by atoms with van der Waals surface area (Å²) in [4.78, 5) is 8.87. The lowest BCUT2D eigenvalue weighted by Crippen LogP contribution is -2.20. The summed E-state index contributed by atoms with van der Waals surface area (Å²) in [7, 11) is 0. The highest BCUT2D eigenvalue weighted by Gasteiger charge is 2.11. The van der Waals surface area contributed by atoms with Crippen molar-refractivity contribution in [3.63, 3.8) is 0 Å². The first-order valence-electron chi connectivity index (χ1n) is 7.19. The molecule has 0 spiro atoms. The van der Waals surface area contributed by atoms with Crippen molar-refractivity contribution in [1.29, 1.82) is 0 Å². The van der Waals surface area contributed by atoms with E-state index in [0.29, 0.717) is 16.5 Å². The van der Waals surface area contributed by atoms with Crippen molar-refractivity contribution >= 4 is 28.5 Å². The molecule has 0 saturated heterocycles. The van der Waals surface area contributed by atoms with Gasteiger partial charge in [-0.25, -0.2) is 14.4 Å². The van der Waals surface area contributed by atoms with Gasteiger partial charge in [-0.15, -0.1) is 0 Å². The van der Waals surface area contributed by atoms with Gasteiger partial charge in [-0.1, -0.05) is 41.9 Å². The monoisotopic (exact) mass is 331 g/mol. The number of hydrogen-bond acceptors (Lipinski definition) is 4. The highest BCUT2D eigenvalue weighted by atomic mass is 35.5. The number of benzene rings is 2. The molecule has 1 aromatic heterocycles. The van der Waals surface area contributed by atoms with Crippen LogP contribution in [0.1, 0.15) is 0 Å². The summed E-state index contributed by atoms with van der Waals surface area (Å²) in [6, 6.07) is 15.0. The zero-order valence-electron chi connectivity index (χ0n) is 12.2. The van der Waals surface area contributed by atoms with Crippen molar-refractivity contribution in [1.82, 2.24) is 9.97 Å². The number of alkyl halides is 1. The number of anilines is 1. The van der Waals surface area contributed by atoms with Gasteiger partial charge in [-0.2, -0.15) is 0 Å². The van der Waals surface area contributed by atoms with Crippen molar-refractivity contribution < 1.29 is 9.50 Å². The van der Waals surface area contributed by atoms with Crippen molar-refractivity contribution in [2.45, 2.75) is 6.17 Å². The van der Waals surface area contributed by atoms with Gasteiger partial charge in [0.15, 0.2) is 0 Å². The largest absolute Gasteiger partial charge is 0.393 e. The average molecular weight is 332 g/mol. The molecule has 0 unspecified atom stereocenters. The third-order valence-corrected chi connectivity index (χ3v) is 3.62. The maximum Gasteiger partial charge on any atom is 0.223 e. The maximum absolute atomic E-state index is 13.2. The SMILES string of the molecule is OC[C@@H](F)CNc1nc(-c2ccccc2)c2cc(Cl)ccc2n1. The van der Waals surface area contributed by atoms with Gasteiger partial charge in [-0.05, 0) is 18.2 Å². The molecule has 0 aliphatic carbocycles. The third kappa shape index (κ3) is 3.57. The van der Waals surface area contributed by atoms with Gasteiger partial charge in [0.1, 0.15) is 6.17 Å². The van der Waals surface area contributed by atoms with E-state index in [1.165, 1.54) is 0 Å². The Morgan fingerprint density at radius 2 is 1.91 bits per heavy atom. The Labute approximate surface area is 138 Å². The molecular formula is C17H15ClFN3O. The number of aliphatic hydroxyl groups is 1. The summed E-state index contributed by atoms with van der Waals surface area (Å²) < 4.78 is 13.2. The fourth-order valence-corrected chi connectivity index (χ4v) is 2.43. The van der Waals surface area contributed by atoms with E-state index in [9.17, 15) is 4.39 Å². The van der Waals surface area contributed by atoms with E-state index in [-0.39, 0.29) is 6.54 Å². The summed E-state index contributed by atoms with van der Waals surface area (Å²) in [6.45, 7) is -0.592. The van der Waals surface area contributed by atoms with Crippen LogP contribution in [0.4, 0.5) is 10.3 Å². The van der Waals surface area contributed by atoms with Crippen LogP contribution in [0.2, 0.25) is 5.02 Å². The molecule has 6 heteroatoms. The lowest BCUT2D eigenvalue weighted by molar-refractivity contribution is 0.186. The third-order valence-electron chi connectivity index (χ3n) is 3.38. The van der Waals surface area contributed by atoms with Gasteiger partial charge in [0.05, 0.1) is 24.4 Å². The standard InChI is InChI=1S/C17H15ClFN3O/c18-12-6-7-15-14(8-12)16(11-4-2-1-3-5-11)22-17(21-15)20-9-13(19)10-23/h1-8,13,23H,9-10H2,(H,20,21,22)/t13-/m0/s1. The van der Waals surface area contributed by atoms with E-state index in [4.69, 9.17) is 16.7 Å². The Morgan fingerprint density at radius 1 is 1.13 bits per heavy atom. The summed E-state index contributed by atoms with van der Waals surface area (Å²) >= 11 is 6.09. The Morgan fingerprint density at radius 3 is 2.65 bits per heavy atom. The second-order valence-electron chi connectivity index (χ2n) is 5.08. The van der Waals surface area contributed by atoms with Crippen LogP contribution in [-0.4, -0.2) is 34.4 Å². The Bertz CT molecular complexity index is 814. The molecule has 1 heterocycles. The fourth-order valence-electron chi connectivity index (χ4n) is 2.26. The van der Waals surface area contributed by atoms with Crippen molar-refractivity contribution in [3.05, 3.63) is 53.6 Å². The van der Waals surface area contributed by atoms with Gasteiger partial charge in [-0.3, -0.25) is 0 Å². The van der Waals surface area contributed by atoms with Crippen LogP contribution in [0.5, 0.6) is 0 Å². The van der Waals surface area contributed by atoms with Crippen LogP contribution in [0.3, 0.4) is 0 Å². The molecular weight excluding hydrogens is 317 g/mol. The Kier molecular flexibility index (Phi) is 4.69. The number of halogens is 2. The smallest absolute Gasteiger partial charge is 0.223 e. The quantitative estimate of drug-likeness (QED) is 0.748. The number of aromatic nitrogens is 2. The minimum Gasteiger partial charge on any atom is -0.393 e. The molecule has 0 bridgehead atoms. The Hall–Kier alpha value is -2.24. The molecule has 2 aromatic carbocycles. The van der Waals surface area contributed by atoms with Crippen LogP contribution in [0, 0.1) is 0 Å². The van der Waals surface area contributed by atoms with Crippen molar-refractivity contribution in [3.8, 4) is 11.3 Å². The van der Waals surface area contributed by atoms with Gasteiger partial charge in [0.2, 0.25) is 5.95 Å². The van der Waals surface area contributed by atoms with Gasteiger partial charge >= 0.3 is 0 Å². The van der Waals surface area contributed by atoms with Crippen LogP contribution in [-0.2, 0) is 0 Å². The average Bonchev–Trinajstić information content (AvgIpc) is 2.59. The van der Waals surface area contributed by atoms with Crippen LogP contribution in [0.25, 0.3) is 22.2 Å². The number of nitrogens with zero attached hydrogens (tertiary/aromatic N) is 2. The second-order valence-corrected chi connectivity index (χ2v) is 5.52. The minimum atomic E-state index is -1.36. The first-order chi connectivity index (χ1) is 11.2. The number of fused-ring (bicyclic) bond motifs is 1. The molecule has 0 amide bonds. The summed E-state index contributed by atoms with van der Waals surface area (Å²) in [5.41, 5.74) is 2.36. The molecule has 0 aliphatic rings. The maximum atomic E-state index is 13.2. The van der Waals surface area contributed by atoms with E-state index in [1.54, 1.807) is 12.1 Å². The molecule has 0 aliphatic heterocycles. The van der Waals surface area contributed by atoms with E-state index >= 15 is 0 Å². The zero-order chi connectivity index (χ0) is 16.2. The number of rotatable bonds is 5. The molecule has 0 saturated carbocycles. The van der Waals surface area contributed by atoms with Crippen LogP contribution >= 0.6 is 11.6 Å². The Balaban J connectivity index is 2.09. The molecule has 1 atom stereocenters. The fraction of sp³-hybridized carbons (Fsp3) is 0.176. The van der Waals surface area contributed by atoms with Gasteiger partial charge in [0.25, 0.3) is 0 Å². The molecule has 4 nitrogen and oxygen atoms in total. The molecule has 0 radical (unpaired) electrons. The molecule has 3 rings (SSSR count). The first-order valence-corrected chi connectivity index (χ1v) is 7.56. The lowest BCUT2D eigenvalue weighted by atomic mass is 10.1. The molecule has 0 fully saturated rings. The second kappa shape index (κ2) is 6.89. The van der Waals surface area contributed by atoms with Crippen molar-refractivity contribution in [2.24, 2.45) is 0 Å². The van der Waals surface area contributed by atoms with E-state index in [1.807, 2.05) is 36.4 Å².